The van der Waals surface area contributed by atoms with Crippen LogP contribution in [0.1, 0.15) is 27.2 Å². The summed E-state index contributed by atoms with van der Waals surface area (Å²) in [6.07, 6.45) is 0.00620. The van der Waals surface area contributed by atoms with E-state index in [2.05, 4.69) is 10.3 Å². The number of carbonyl (C=O) groups is 2. The molecule has 0 aromatic rings. The highest BCUT2D eigenvalue weighted by atomic mass is 19.3. The second kappa shape index (κ2) is 5.47. The molecule has 0 saturated heterocycles. The van der Waals surface area contributed by atoms with Crippen molar-refractivity contribution in [2.75, 3.05) is 6.61 Å². The van der Waals surface area contributed by atoms with Gasteiger partial charge in [0.15, 0.2) is 0 Å². The average molecular weight is 243 g/mol. The van der Waals surface area contributed by atoms with Gasteiger partial charge in [0, 0.05) is 22.3 Å². The second-order valence-corrected chi connectivity index (χ2v) is 3.59. The van der Waals surface area contributed by atoms with Crippen LogP contribution in [-0.2, 0) is 19.3 Å². The van der Waals surface area contributed by atoms with Crippen molar-refractivity contribution in [2.45, 2.75) is 27.2 Å². The molecule has 1 N–H and O–H groups in total. The fraction of sp³-hybridized carbons (Fsp3) is 0.455. The zero-order valence-corrected chi connectivity index (χ0v) is 9.93. The smallest absolute Gasteiger partial charge is 0.377 e. The lowest BCUT2D eigenvalue weighted by Gasteiger charge is -2.21. The zero-order valence-electron chi connectivity index (χ0n) is 9.93. The highest BCUT2D eigenvalue weighted by molar-refractivity contribution is 5.96. The third-order valence-electron chi connectivity index (χ3n) is 2.47. The van der Waals surface area contributed by atoms with Gasteiger partial charge in [-0.2, -0.15) is 0 Å². The van der Waals surface area contributed by atoms with E-state index in [0.717, 1.165) is 0 Å². The lowest BCUT2D eigenvalue weighted by atomic mass is 9.98. The Kier molecular flexibility index (Phi) is 4.25. The molecular formula is C11H14FNO4. The number of carbonyl (C=O) groups excluding carboxylic acids is 2. The van der Waals surface area contributed by atoms with Gasteiger partial charge in [0.2, 0.25) is 0 Å². The molecule has 0 fully saturated rings. The van der Waals surface area contributed by atoms with Crippen LogP contribution in [0, 0.1) is 0 Å². The molecule has 0 aliphatic carbocycles. The monoisotopic (exact) mass is 243 g/mol. The Bertz CT molecular complexity index is 412. The number of dihydropyridines is 1. The lowest BCUT2D eigenvalue weighted by Crippen LogP contribution is -2.26. The minimum absolute atomic E-state index is 0.00620. The topological polar surface area (TPSA) is 64.6 Å². The quantitative estimate of drug-likeness (QED) is 0.761. The van der Waals surface area contributed by atoms with Gasteiger partial charge in [0.25, 0.3) is 0 Å². The average Bonchev–Trinajstić information content (AvgIpc) is 2.28. The third kappa shape index (κ3) is 2.83. The summed E-state index contributed by atoms with van der Waals surface area (Å²) < 4.78 is 16.7. The molecule has 0 aromatic heterocycles. The molecule has 1 aliphatic rings. The summed E-state index contributed by atoms with van der Waals surface area (Å²) in [5, 5.41) is 2.82. The number of rotatable bonds is 3. The first-order valence-electron chi connectivity index (χ1n) is 5.17. The van der Waals surface area contributed by atoms with Crippen LogP contribution in [0.3, 0.4) is 0 Å². The van der Waals surface area contributed by atoms with Crippen molar-refractivity contribution < 1.29 is 23.8 Å². The maximum atomic E-state index is 11.9. The molecule has 0 atom stereocenters. The first kappa shape index (κ1) is 13.2. The summed E-state index contributed by atoms with van der Waals surface area (Å²) in [6, 6.07) is 0. The summed E-state index contributed by atoms with van der Waals surface area (Å²) in [5.41, 5.74) is 1.45. The van der Waals surface area contributed by atoms with Crippen molar-refractivity contribution in [2.24, 2.45) is 0 Å². The van der Waals surface area contributed by atoms with Gasteiger partial charge >= 0.3 is 11.9 Å². The van der Waals surface area contributed by atoms with Gasteiger partial charge in [-0.3, -0.25) is 0 Å². The Labute approximate surface area is 98.2 Å². The summed E-state index contributed by atoms with van der Waals surface area (Å²) in [7, 11) is 0. The Morgan fingerprint density at radius 1 is 1.24 bits per heavy atom. The predicted octanol–water partition coefficient (Wildman–Crippen LogP) is 1.52. The molecule has 0 saturated carbocycles. The molecule has 5 nitrogen and oxygen atoms in total. The van der Waals surface area contributed by atoms with Crippen LogP contribution in [0.4, 0.5) is 4.53 Å². The zero-order chi connectivity index (χ0) is 13.0. The van der Waals surface area contributed by atoms with Gasteiger partial charge in [-0.15, -0.1) is 0 Å². The molecular weight excluding hydrogens is 229 g/mol. The van der Waals surface area contributed by atoms with Gasteiger partial charge in [-0.05, 0) is 20.8 Å². The predicted molar refractivity (Wildman–Crippen MR) is 57.0 cm³/mol. The van der Waals surface area contributed by atoms with Crippen LogP contribution >= 0.6 is 0 Å². The Balaban J connectivity index is 2.93. The van der Waals surface area contributed by atoms with Crippen LogP contribution in [0.2, 0.25) is 0 Å². The number of esters is 1. The number of allylic oxidation sites excluding steroid dienone is 2. The molecule has 17 heavy (non-hydrogen) atoms. The maximum Gasteiger partial charge on any atom is 0.377 e. The van der Waals surface area contributed by atoms with Crippen molar-refractivity contribution in [3.63, 3.8) is 0 Å². The van der Waals surface area contributed by atoms with E-state index in [0.29, 0.717) is 17.0 Å². The van der Waals surface area contributed by atoms with E-state index in [-0.39, 0.29) is 18.6 Å². The number of nitrogens with one attached hydrogen (secondary N) is 1. The van der Waals surface area contributed by atoms with E-state index in [1.54, 1.807) is 20.8 Å². The summed E-state index contributed by atoms with van der Waals surface area (Å²) in [4.78, 5) is 25.9. The van der Waals surface area contributed by atoms with E-state index in [1.807, 2.05) is 0 Å². The maximum absolute atomic E-state index is 11.9. The summed E-state index contributed by atoms with van der Waals surface area (Å²) in [5.74, 6) is -1.61. The van der Waals surface area contributed by atoms with Gasteiger partial charge in [-0.1, -0.05) is 0 Å². The first-order valence-corrected chi connectivity index (χ1v) is 5.17. The molecule has 0 aromatic carbocycles. The van der Waals surface area contributed by atoms with E-state index < -0.39 is 11.9 Å². The van der Waals surface area contributed by atoms with Crippen LogP contribution in [0.5, 0.6) is 0 Å². The molecule has 1 aliphatic heterocycles. The fourth-order valence-corrected chi connectivity index (χ4v) is 1.59. The normalized spacial score (nSPS) is 15.5. The lowest BCUT2D eigenvalue weighted by molar-refractivity contribution is -0.178. The number of ether oxygens (including phenoxy) is 1. The fourth-order valence-electron chi connectivity index (χ4n) is 1.59. The molecule has 1 heterocycles. The van der Waals surface area contributed by atoms with E-state index in [4.69, 9.17) is 4.74 Å². The highest BCUT2D eigenvalue weighted by Gasteiger charge is 2.27. The molecule has 0 amide bonds. The van der Waals surface area contributed by atoms with E-state index >= 15 is 0 Å². The van der Waals surface area contributed by atoms with Crippen LogP contribution < -0.4 is 5.32 Å². The molecule has 6 heteroatoms. The van der Waals surface area contributed by atoms with E-state index in [1.165, 1.54) is 0 Å². The molecule has 0 unspecified atom stereocenters. The Hall–Kier alpha value is -1.85. The third-order valence-corrected chi connectivity index (χ3v) is 2.47. The van der Waals surface area contributed by atoms with Crippen molar-refractivity contribution in [1.29, 1.82) is 0 Å². The Morgan fingerprint density at radius 3 is 2.24 bits per heavy atom. The number of hydrogen-bond acceptors (Lipinski definition) is 5. The van der Waals surface area contributed by atoms with Crippen molar-refractivity contribution >= 4 is 11.9 Å². The summed E-state index contributed by atoms with van der Waals surface area (Å²) >= 11 is 0. The van der Waals surface area contributed by atoms with E-state index in [9.17, 15) is 14.1 Å². The molecule has 94 valence electrons. The van der Waals surface area contributed by atoms with Crippen molar-refractivity contribution in [3.8, 4) is 0 Å². The van der Waals surface area contributed by atoms with Crippen molar-refractivity contribution in [1.82, 2.24) is 5.32 Å². The molecule has 1 rings (SSSR count). The standard InChI is InChI=1S/C11H14FNO4/c1-4-16-10(14)8-5-9(11(15)17-12)7(3)13-6(8)2/h13H,4-5H2,1-3H3. The first-order chi connectivity index (χ1) is 8.01. The minimum atomic E-state index is -1.09. The SMILES string of the molecule is CCOC(=O)C1=C(C)NC(C)=C(C(=O)OF)C1. The molecule has 0 spiro atoms. The van der Waals surface area contributed by atoms with Crippen LogP contribution in [0.25, 0.3) is 0 Å². The van der Waals surface area contributed by atoms with Crippen LogP contribution in [0.15, 0.2) is 22.5 Å². The van der Waals surface area contributed by atoms with Gasteiger partial charge in [-0.25, -0.2) is 14.5 Å². The number of hydrogen-bond donors (Lipinski definition) is 1. The largest absolute Gasteiger partial charge is 0.463 e. The van der Waals surface area contributed by atoms with Gasteiger partial charge in [0.05, 0.1) is 17.8 Å². The van der Waals surface area contributed by atoms with Crippen molar-refractivity contribution in [3.05, 3.63) is 22.5 Å². The number of halogens is 1. The minimum Gasteiger partial charge on any atom is -0.463 e. The Morgan fingerprint density at radius 2 is 1.76 bits per heavy atom. The summed E-state index contributed by atoms with van der Waals surface area (Å²) in [6.45, 7) is 5.22. The molecule has 0 bridgehead atoms. The molecule has 0 radical (unpaired) electrons. The highest BCUT2D eigenvalue weighted by Crippen LogP contribution is 2.24. The van der Waals surface area contributed by atoms with Crippen LogP contribution in [-0.4, -0.2) is 18.5 Å². The second-order valence-electron chi connectivity index (χ2n) is 3.59. The van der Waals surface area contributed by atoms with Gasteiger partial charge < -0.3 is 10.1 Å². The van der Waals surface area contributed by atoms with Gasteiger partial charge in [0.1, 0.15) is 0 Å².